The summed E-state index contributed by atoms with van der Waals surface area (Å²) in [5.74, 6) is -0.966. The van der Waals surface area contributed by atoms with Crippen LogP contribution in [0.5, 0.6) is 0 Å². The van der Waals surface area contributed by atoms with Crippen LogP contribution in [-0.2, 0) is 16.1 Å². The average molecular weight is 383 g/mol. The summed E-state index contributed by atoms with van der Waals surface area (Å²) < 4.78 is 9.91. The van der Waals surface area contributed by atoms with Gasteiger partial charge >= 0.3 is 12.0 Å². The van der Waals surface area contributed by atoms with Crippen molar-refractivity contribution >= 4 is 41.3 Å². The Labute approximate surface area is 153 Å². The Bertz CT molecular complexity index is 764. The van der Waals surface area contributed by atoms with E-state index in [1.165, 1.54) is 18.0 Å². The third kappa shape index (κ3) is 5.84. The number of halogens is 1. The normalized spacial score (nSPS) is 10.2. The zero-order valence-electron chi connectivity index (χ0n) is 13.2. The van der Waals surface area contributed by atoms with Crippen LogP contribution < -0.4 is 10.6 Å². The minimum Gasteiger partial charge on any atom is -0.467 e. The number of hydrogen-bond acceptors (Lipinski definition) is 6. The van der Waals surface area contributed by atoms with E-state index in [0.29, 0.717) is 5.76 Å². The van der Waals surface area contributed by atoms with Crippen LogP contribution in [0, 0.1) is 0 Å². The van der Waals surface area contributed by atoms with Gasteiger partial charge in [-0.2, -0.15) is 0 Å². The first-order chi connectivity index (χ1) is 12.0. The van der Waals surface area contributed by atoms with E-state index in [1.54, 1.807) is 30.3 Å². The van der Waals surface area contributed by atoms with Crippen molar-refractivity contribution in [1.82, 2.24) is 10.6 Å². The summed E-state index contributed by atoms with van der Waals surface area (Å²) in [6.07, 6.45) is 3.32. The molecule has 2 rings (SSSR count). The lowest BCUT2D eigenvalue weighted by molar-refractivity contribution is -0.123. The Morgan fingerprint density at radius 3 is 2.76 bits per heavy atom. The first-order valence-electron chi connectivity index (χ1n) is 7.10. The number of furan rings is 1. The molecule has 0 spiro atoms. The van der Waals surface area contributed by atoms with E-state index in [1.807, 2.05) is 11.6 Å². The van der Waals surface area contributed by atoms with Gasteiger partial charge in [0.15, 0.2) is 6.61 Å². The quantitative estimate of drug-likeness (QED) is 0.589. The molecule has 2 aromatic rings. The molecule has 0 aliphatic carbocycles. The predicted octanol–water partition coefficient (Wildman–Crippen LogP) is 2.84. The Balaban J connectivity index is 1.79. The first-order valence-corrected chi connectivity index (χ1v) is 8.70. The van der Waals surface area contributed by atoms with Crippen LogP contribution in [0.4, 0.5) is 4.79 Å². The molecule has 0 aliphatic rings. The Kier molecular flexibility index (Phi) is 6.91. The van der Waals surface area contributed by atoms with E-state index in [-0.39, 0.29) is 17.1 Å². The van der Waals surface area contributed by atoms with Gasteiger partial charge in [-0.1, -0.05) is 11.6 Å². The third-order valence-electron chi connectivity index (χ3n) is 2.98. The molecule has 132 valence electrons. The highest BCUT2D eigenvalue weighted by molar-refractivity contribution is 7.98. The van der Waals surface area contributed by atoms with Crippen LogP contribution in [0.3, 0.4) is 0 Å². The Morgan fingerprint density at radius 2 is 2.08 bits per heavy atom. The van der Waals surface area contributed by atoms with Crippen molar-refractivity contribution in [3.05, 3.63) is 52.9 Å². The lowest BCUT2D eigenvalue weighted by Crippen LogP contribution is -2.41. The molecule has 1 heterocycles. The van der Waals surface area contributed by atoms with Crippen molar-refractivity contribution < 1.29 is 23.5 Å². The molecule has 1 aromatic heterocycles. The minimum atomic E-state index is -0.762. The summed E-state index contributed by atoms with van der Waals surface area (Å²) in [5.41, 5.74) is 0.156. The van der Waals surface area contributed by atoms with Crippen LogP contribution in [0.1, 0.15) is 16.1 Å². The second-order valence-electron chi connectivity index (χ2n) is 4.73. The van der Waals surface area contributed by atoms with E-state index in [9.17, 15) is 14.4 Å². The average Bonchev–Trinajstić information content (AvgIpc) is 3.12. The van der Waals surface area contributed by atoms with Crippen molar-refractivity contribution in [3.8, 4) is 0 Å². The molecule has 0 saturated carbocycles. The summed E-state index contributed by atoms with van der Waals surface area (Å²) in [6, 6.07) is 7.54. The van der Waals surface area contributed by atoms with Crippen LogP contribution >= 0.6 is 23.4 Å². The van der Waals surface area contributed by atoms with Gasteiger partial charge in [-0.3, -0.25) is 10.1 Å². The fourth-order valence-electron chi connectivity index (χ4n) is 1.78. The molecule has 0 bridgehead atoms. The topological polar surface area (TPSA) is 97.6 Å². The van der Waals surface area contributed by atoms with E-state index >= 15 is 0 Å². The van der Waals surface area contributed by atoms with Crippen LogP contribution in [0.15, 0.2) is 45.9 Å². The number of imide groups is 1. The van der Waals surface area contributed by atoms with Gasteiger partial charge in [-0.05, 0) is 36.6 Å². The first kappa shape index (κ1) is 18.9. The molecule has 0 unspecified atom stereocenters. The van der Waals surface area contributed by atoms with Crippen LogP contribution in [0.25, 0.3) is 0 Å². The number of ether oxygens (including phenoxy) is 1. The zero-order chi connectivity index (χ0) is 18.2. The molecule has 2 N–H and O–H groups in total. The largest absolute Gasteiger partial charge is 0.467 e. The lowest BCUT2D eigenvalue weighted by atomic mass is 10.2. The number of hydrogen-bond donors (Lipinski definition) is 2. The molecule has 0 radical (unpaired) electrons. The molecular weight excluding hydrogens is 368 g/mol. The highest BCUT2D eigenvalue weighted by Crippen LogP contribution is 2.23. The maximum Gasteiger partial charge on any atom is 0.340 e. The molecule has 25 heavy (non-hydrogen) atoms. The Hall–Kier alpha value is -2.45. The van der Waals surface area contributed by atoms with E-state index < -0.39 is 24.5 Å². The summed E-state index contributed by atoms with van der Waals surface area (Å²) >= 11 is 7.39. The molecule has 0 saturated heterocycles. The van der Waals surface area contributed by atoms with Gasteiger partial charge in [0.1, 0.15) is 5.76 Å². The van der Waals surface area contributed by atoms with Crippen molar-refractivity contribution in [2.75, 3.05) is 12.9 Å². The second-order valence-corrected chi connectivity index (χ2v) is 6.02. The number of esters is 1. The molecular formula is C16H15ClN2O5S. The monoisotopic (exact) mass is 382 g/mol. The van der Waals surface area contributed by atoms with Gasteiger partial charge in [0.05, 0.1) is 23.4 Å². The summed E-state index contributed by atoms with van der Waals surface area (Å²) in [4.78, 5) is 36.0. The maximum atomic E-state index is 12.0. The molecule has 9 heteroatoms. The van der Waals surface area contributed by atoms with Crippen molar-refractivity contribution in [2.24, 2.45) is 0 Å². The van der Waals surface area contributed by atoms with Crippen molar-refractivity contribution in [1.29, 1.82) is 0 Å². The molecule has 0 atom stereocenters. The molecule has 3 amide bonds. The van der Waals surface area contributed by atoms with Crippen LogP contribution in [-0.4, -0.2) is 30.8 Å². The number of amides is 3. The minimum absolute atomic E-state index is 0.128. The molecule has 0 aliphatic heterocycles. The third-order valence-corrected chi connectivity index (χ3v) is 4.04. The number of carbonyl (C=O) groups excluding carboxylic acids is 3. The zero-order valence-corrected chi connectivity index (χ0v) is 14.8. The number of carbonyl (C=O) groups is 3. The van der Waals surface area contributed by atoms with E-state index in [0.717, 1.165) is 4.90 Å². The summed E-state index contributed by atoms with van der Waals surface area (Å²) in [5, 5.41) is 4.69. The van der Waals surface area contributed by atoms with Crippen molar-refractivity contribution in [2.45, 2.75) is 11.4 Å². The van der Waals surface area contributed by atoms with Gasteiger partial charge in [0.2, 0.25) is 0 Å². The summed E-state index contributed by atoms with van der Waals surface area (Å²) in [7, 11) is 0. The van der Waals surface area contributed by atoms with Gasteiger partial charge in [0.25, 0.3) is 5.91 Å². The molecule has 0 fully saturated rings. The lowest BCUT2D eigenvalue weighted by Gasteiger charge is -2.08. The number of urea groups is 1. The highest BCUT2D eigenvalue weighted by atomic mass is 35.5. The molecule has 1 aromatic carbocycles. The second kappa shape index (κ2) is 9.14. The number of benzene rings is 1. The molecule has 7 nitrogen and oxygen atoms in total. The van der Waals surface area contributed by atoms with E-state index in [2.05, 4.69) is 5.32 Å². The van der Waals surface area contributed by atoms with Gasteiger partial charge in [0, 0.05) is 4.90 Å². The van der Waals surface area contributed by atoms with Gasteiger partial charge in [-0.25, -0.2) is 9.59 Å². The number of rotatable bonds is 6. The Morgan fingerprint density at radius 1 is 1.28 bits per heavy atom. The fraction of sp³-hybridized carbons (Fsp3) is 0.188. The number of nitrogens with one attached hydrogen (secondary N) is 2. The number of thioether (sulfide) groups is 1. The predicted molar refractivity (Wildman–Crippen MR) is 92.6 cm³/mol. The summed E-state index contributed by atoms with van der Waals surface area (Å²) in [6.45, 7) is -0.476. The smallest absolute Gasteiger partial charge is 0.340 e. The standard InChI is InChI=1S/C16H15ClN2O5S/c1-25-11-4-5-13(17)12(7-11)15(21)24-9-14(20)19-16(22)18-8-10-3-2-6-23-10/h2-7H,8-9H2,1H3,(H2,18,19,20,22). The highest BCUT2D eigenvalue weighted by Gasteiger charge is 2.15. The maximum absolute atomic E-state index is 12.0. The van der Waals surface area contributed by atoms with E-state index in [4.69, 9.17) is 20.8 Å². The van der Waals surface area contributed by atoms with Gasteiger partial charge < -0.3 is 14.5 Å². The van der Waals surface area contributed by atoms with Crippen LogP contribution in [0.2, 0.25) is 5.02 Å². The SMILES string of the molecule is CSc1ccc(Cl)c(C(=O)OCC(=O)NC(=O)NCc2ccco2)c1. The van der Waals surface area contributed by atoms with Gasteiger partial charge in [-0.15, -0.1) is 11.8 Å². The fourth-order valence-corrected chi connectivity index (χ4v) is 2.42. The van der Waals surface area contributed by atoms with Crippen molar-refractivity contribution in [3.63, 3.8) is 0 Å².